The van der Waals surface area contributed by atoms with Crippen LogP contribution in [0.25, 0.3) is 0 Å². The van der Waals surface area contributed by atoms with E-state index in [0.717, 1.165) is 75.5 Å². The lowest BCUT2D eigenvalue weighted by Gasteiger charge is -2.18. The van der Waals surface area contributed by atoms with Crippen LogP contribution in [0.15, 0.2) is 0 Å². The number of rotatable bonds is 51. The van der Waals surface area contributed by atoms with Crippen molar-refractivity contribution in [3.8, 4) is 0 Å². The highest BCUT2D eigenvalue weighted by molar-refractivity contribution is 5.71. The summed E-state index contributed by atoms with van der Waals surface area (Å²) in [5, 5.41) is 0. The Morgan fingerprint density at radius 3 is 0.812 bits per heavy atom. The topological polar surface area (TPSA) is 78.9 Å². The molecule has 0 aliphatic carbocycles. The van der Waals surface area contributed by atoms with E-state index in [9.17, 15) is 14.4 Å². The van der Waals surface area contributed by atoms with Crippen LogP contribution in [0.2, 0.25) is 0 Å². The van der Waals surface area contributed by atoms with Gasteiger partial charge in [-0.25, -0.2) is 0 Å². The zero-order chi connectivity index (χ0) is 47.0. The molecule has 0 amide bonds. The maximum Gasteiger partial charge on any atom is 0.306 e. The SMILES string of the molecule is CCC(C)CCCCCCCCCCCCC(=O)OC[C@H](COC(=O)CCCCCCCCCCC(C)C)OC(=O)CCCCCCCCCCCCCCCCCCCCC(C)C. The lowest BCUT2D eigenvalue weighted by atomic mass is 9.99. The van der Waals surface area contributed by atoms with E-state index in [1.165, 1.54) is 199 Å². The van der Waals surface area contributed by atoms with E-state index >= 15 is 0 Å². The Labute approximate surface area is 399 Å². The number of carbonyl (C=O) groups is 3. The lowest BCUT2D eigenvalue weighted by molar-refractivity contribution is -0.167. The highest BCUT2D eigenvalue weighted by Crippen LogP contribution is 2.19. The van der Waals surface area contributed by atoms with Crippen molar-refractivity contribution < 1.29 is 28.6 Å². The molecule has 0 saturated heterocycles. The second kappa shape index (κ2) is 49.3. The van der Waals surface area contributed by atoms with Crippen molar-refractivity contribution in [2.75, 3.05) is 13.2 Å². The summed E-state index contributed by atoms with van der Waals surface area (Å²) in [6.45, 7) is 13.8. The van der Waals surface area contributed by atoms with Gasteiger partial charge in [0.15, 0.2) is 6.10 Å². The normalized spacial score (nSPS) is 12.6. The first-order chi connectivity index (χ1) is 31.1. The fourth-order valence-corrected chi connectivity index (χ4v) is 8.79. The van der Waals surface area contributed by atoms with Gasteiger partial charge in [0.1, 0.15) is 13.2 Å². The fraction of sp³-hybridized carbons (Fsp3) is 0.948. The van der Waals surface area contributed by atoms with Crippen molar-refractivity contribution in [1.29, 1.82) is 0 Å². The molecule has 0 aromatic heterocycles. The maximum atomic E-state index is 12.8. The Balaban J connectivity index is 4.25. The Morgan fingerprint density at radius 1 is 0.312 bits per heavy atom. The van der Waals surface area contributed by atoms with Gasteiger partial charge in [0.25, 0.3) is 0 Å². The molecule has 0 N–H and O–H groups in total. The summed E-state index contributed by atoms with van der Waals surface area (Å²) < 4.78 is 16.9. The molecular formula is C58H112O6. The molecule has 0 bridgehead atoms. The molecule has 6 nitrogen and oxygen atoms in total. The summed E-state index contributed by atoms with van der Waals surface area (Å²) >= 11 is 0. The molecule has 6 heteroatoms. The summed E-state index contributed by atoms with van der Waals surface area (Å²) in [5.74, 6) is 1.68. The predicted molar refractivity (Wildman–Crippen MR) is 275 cm³/mol. The van der Waals surface area contributed by atoms with Crippen molar-refractivity contribution in [3.05, 3.63) is 0 Å². The number of hydrogen-bond donors (Lipinski definition) is 0. The highest BCUT2D eigenvalue weighted by atomic mass is 16.6. The second-order valence-corrected chi connectivity index (χ2v) is 21.1. The molecule has 0 aromatic carbocycles. The quantitative estimate of drug-likeness (QED) is 0.0344. The van der Waals surface area contributed by atoms with Gasteiger partial charge in [-0.1, -0.05) is 279 Å². The summed E-state index contributed by atoms with van der Waals surface area (Å²) in [5.41, 5.74) is 0. The van der Waals surface area contributed by atoms with E-state index in [2.05, 4.69) is 41.5 Å². The Morgan fingerprint density at radius 2 is 0.547 bits per heavy atom. The van der Waals surface area contributed by atoms with Crippen LogP contribution in [0.1, 0.15) is 318 Å². The van der Waals surface area contributed by atoms with E-state index in [1.807, 2.05) is 0 Å². The van der Waals surface area contributed by atoms with Gasteiger partial charge in [0, 0.05) is 19.3 Å². The molecule has 380 valence electrons. The van der Waals surface area contributed by atoms with E-state index in [-0.39, 0.29) is 31.1 Å². The van der Waals surface area contributed by atoms with Gasteiger partial charge in [-0.05, 0) is 37.0 Å². The van der Waals surface area contributed by atoms with Gasteiger partial charge in [0.05, 0.1) is 0 Å². The number of unbranched alkanes of at least 4 members (excludes halogenated alkanes) is 33. The highest BCUT2D eigenvalue weighted by Gasteiger charge is 2.19. The first kappa shape index (κ1) is 62.4. The molecule has 0 rings (SSSR count). The van der Waals surface area contributed by atoms with E-state index in [0.29, 0.717) is 19.3 Å². The molecule has 0 spiro atoms. The monoisotopic (exact) mass is 905 g/mol. The summed E-state index contributed by atoms with van der Waals surface area (Å²) in [6, 6.07) is 0. The first-order valence-corrected chi connectivity index (χ1v) is 28.6. The van der Waals surface area contributed by atoms with Gasteiger partial charge >= 0.3 is 17.9 Å². The first-order valence-electron chi connectivity index (χ1n) is 28.6. The Hall–Kier alpha value is -1.59. The van der Waals surface area contributed by atoms with Gasteiger partial charge in [-0.3, -0.25) is 14.4 Å². The molecule has 0 aliphatic rings. The summed E-state index contributed by atoms with van der Waals surface area (Å²) in [4.78, 5) is 38.1. The zero-order valence-corrected chi connectivity index (χ0v) is 44.1. The van der Waals surface area contributed by atoms with Gasteiger partial charge in [0.2, 0.25) is 0 Å². The van der Waals surface area contributed by atoms with Gasteiger partial charge in [-0.2, -0.15) is 0 Å². The van der Waals surface area contributed by atoms with Crippen LogP contribution in [0.3, 0.4) is 0 Å². The fourth-order valence-electron chi connectivity index (χ4n) is 8.79. The molecular weight excluding hydrogens is 793 g/mol. The minimum atomic E-state index is -0.764. The number of carbonyl (C=O) groups excluding carboxylic acids is 3. The van der Waals surface area contributed by atoms with Gasteiger partial charge in [-0.15, -0.1) is 0 Å². The zero-order valence-electron chi connectivity index (χ0n) is 44.1. The molecule has 64 heavy (non-hydrogen) atoms. The average Bonchev–Trinajstić information content (AvgIpc) is 3.27. The second-order valence-electron chi connectivity index (χ2n) is 21.1. The molecule has 0 saturated carbocycles. The average molecular weight is 906 g/mol. The van der Waals surface area contributed by atoms with Crippen molar-refractivity contribution in [2.45, 2.75) is 324 Å². The van der Waals surface area contributed by atoms with Crippen LogP contribution < -0.4 is 0 Å². The van der Waals surface area contributed by atoms with Crippen LogP contribution in [0.5, 0.6) is 0 Å². The Kier molecular flexibility index (Phi) is 48.1. The van der Waals surface area contributed by atoms with Crippen molar-refractivity contribution in [2.24, 2.45) is 17.8 Å². The Bertz CT molecular complexity index is 993. The largest absolute Gasteiger partial charge is 0.462 e. The van der Waals surface area contributed by atoms with Crippen LogP contribution in [-0.4, -0.2) is 37.2 Å². The van der Waals surface area contributed by atoms with E-state index in [4.69, 9.17) is 14.2 Å². The third-order valence-electron chi connectivity index (χ3n) is 13.5. The molecule has 0 aliphatic heterocycles. The summed E-state index contributed by atoms with van der Waals surface area (Å²) in [6.07, 6.45) is 51.0. The van der Waals surface area contributed by atoms with Crippen LogP contribution in [0, 0.1) is 17.8 Å². The smallest absolute Gasteiger partial charge is 0.306 e. The maximum absolute atomic E-state index is 12.8. The summed E-state index contributed by atoms with van der Waals surface area (Å²) in [7, 11) is 0. The number of ether oxygens (including phenoxy) is 3. The van der Waals surface area contributed by atoms with Gasteiger partial charge < -0.3 is 14.2 Å². The minimum Gasteiger partial charge on any atom is -0.462 e. The van der Waals surface area contributed by atoms with Crippen LogP contribution >= 0.6 is 0 Å². The van der Waals surface area contributed by atoms with Crippen molar-refractivity contribution in [3.63, 3.8) is 0 Å². The minimum absolute atomic E-state index is 0.0643. The van der Waals surface area contributed by atoms with E-state index in [1.54, 1.807) is 0 Å². The molecule has 0 heterocycles. The molecule has 0 radical (unpaired) electrons. The molecule has 0 aromatic rings. The predicted octanol–water partition coefficient (Wildman–Crippen LogP) is 18.7. The van der Waals surface area contributed by atoms with Crippen LogP contribution in [0.4, 0.5) is 0 Å². The molecule has 1 unspecified atom stereocenters. The number of hydrogen-bond acceptors (Lipinski definition) is 6. The third kappa shape index (κ3) is 49.8. The van der Waals surface area contributed by atoms with Crippen molar-refractivity contribution >= 4 is 17.9 Å². The third-order valence-corrected chi connectivity index (χ3v) is 13.5. The molecule has 0 fully saturated rings. The molecule has 2 atom stereocenters. The lowest BCUT2D eigenvalue weighted by Crippen LogP contribution is -2.30. The van der Waals surface area contributed by atoms with Crippen molar-refractivity contribution in [1.82, 2.24) is 0 Å². The van der Waals surface area contributed by atoms with Crippen LogP contribution in [-0.2, 0) is 28.6 Å². The number of esters is 3. The van der Waals surface area contributed by atoms with E-state index < -0.39 is 6.10 Å². The standard InChI is InChI=1S/C58H112O6/c1-7-54(6)46-40-34-28-21-18-19-22-29-35-41-47-56(59)62-50-55(51-63-57(60)48-42-36-30-25-24-27-33-39-45-53(4)5)64-58(61)49-43-37-31-23-17-15-13-11-9-8-10-12-14-16-20-26-32-38-44-52(2)3/h52-55H,7-51H2,1-6H3/t54?,55-/m1/s1.